The molecule has 0 atom stereocenters. The number of nitrogens with two attached hydrogens (primary N) is 2. The van der Waals surface area contributed by atoms with Gasteiger partial charge < -0.3 is 4.74 Å². The van der Waals surface area contributed by atoms with Crippen LogP contribution in [0.1, 0.15) is 13.8 Å². The predicted octanol–water partition coefficient (Wildman–Crippen LogP) is 3.02. The third-order valence-corrected chi connectivity index (χ3v) is 1.79. The largest absolute Gasteiger partial charge is 0.489 e. The van der Waals surface area contributed by atoms with Gasteiger partial charge in [0.15, 0.2) is 0 Å². The molecule has 15 heavy (non-hydrogen) atoms. The maximum atomic E-state index is 5.86. The van der Waals surface area contributed by atoms with Crippen LogP contribution in [0.3, 0.4) is 0 Å². The van der Waals surface area contributed by atoms with Crippen LogP contribution >= 0.6 is 35.6 Å². The lowest BCUT2D eigenvalue weighted by Gasteiger charge is -2.10. The van der Waals surface area contributed by atoms with Gasteiger partial charge in [0.1, 0.15) is 5.75 Å². The number of benzene rings is 1. The summed E-state index contributed by atoms with van der Waals surface area (Å²) in [5.74, 6) is 8.68. The van der Waals surface area contributed by atoms with Crippen molar-refractivity contribution in [2.24, 2.45) is 11.7 Å². The molecule has 0 saturated heterocycles. The molecule has 3 nitrogen and oxygen atoms in total. The maximum Gasteiger partial charge on any atom is 0.138 e. The van der Waals surface area contributed by atoms with Crippen LogP contribution in [0.5, 0.6) is 5.75 Å². The summed E-state index contributed by atoms with van der Waals surface area (Å²) >= 11 is 11.6. The Morgan fingerprint density at radius 1 is 1.20 bits per heavy atom. The lowest BCUT2D eigenvalue weighted by molar-refractivity contribution is 0.242. The molecule has 0 saturated carbocycles. The lowest BCUT2D eigenvalue weighted by Crippen LogP contribution is -2.05. The molecule has 0 aromatic heterocycles. The summed E-state index contributed by atoms with van der Waals surface area (Å²) < 4.78 is 5.41. The highest BCUT2D eigenvalue weighted by Gasteiger charge is 2.03. The van der Waals surface area contributed by atoms with Gasteiger partial charge in [-0.15, -0.1) is 12.4 Å². The first-order valence-electron chi connectivity index (χ1n) is 4.04. The minimum atomic E-state index is 0. The van der Waals surface area contributed by atoms with Gasteiger partial charge in [-0.2, -0.15) is 0 Å². The van der Waals surface area contributed by atoms with Gasteiger partial charge in [0.25, 0.3) is 0 Å². The number of halogens is 3. The van der Waals surface area contributed by atoms with Crippen LogP contribution in [-0.2, 0) is 0 Å². The van der Waals surface area contributed by atoms with E-state index in [0.717, 1.165) is 0 Å². The topological polar surface area (TPSA) is 61.3 Å². The smallest absolute Gasteiger partial charge is 0.138 e. The van der Waals surface area contributed by atoms with E-state index in [2.05, 4.69) is 11.7 Å². The van der Waals surface area contributed by atoms with Crippen LogP contribution in [-0.4, -0.2) is 6.10 Å². The van der Waals surface area contributed by atoms with Gasteiger partial charge in [0.05, 0.1) is 11.1 Å². The summed E-state index contributed by atoms with van der Waals surface area (Å²) in [5.41, 5.74) is 0. The van der Waals surface area contributed by atoms with E-state index in [1.54, 1.807) is 18.2 Å². The number of ether oxygens (including phenoxy) is 1. The van der Waals surface area contributed by atoms with E-state index >= 15 is 0 Å². The van der Waals surface area contributed by atoms with E-state index in [-0.39, 0.29) is 18.5 Å². The summed E-state index contributed by atoms with van der Waals surface area (Å²) in [6, 6.07) is 5.19. The quantitative estimate of drug-likeness (QED) is 0.643. The molecule has 0 aliphatic rings. The van der Waals surface area contributed by atoms with Crippen molar-refractivity contribution in [3.63, 3.8) is 0 Å². The van der Waals surface area contributed by atoms with E-state index in [1.807, 2.05) is 13.8 Å². The predicted molar refractivity (Wildman–Crippen MR) is 67.8 cm³/mol. The fraction of sp³-hybridized carbons (Fsp3) is 0.333. The molecular formula is C9H15Cl3N2O. The molecule has 0 amide bonds. The highest BCUT2D eigenvalue weighted by Crippen LogP contribution is 2.28. The zero-order valence-electron chi connectivity index (χ0n) is 8.54. The highest BCUT2D eigenvalue weighted by molar-refractivity contribution is 6.35. The molecule has 88 valence electrons. The van der Waals surface area contributed by atoms with Crippen LogP contribution < -0.4 is 16.4 Å². The molecule has 6 heteroatoms. The molecule has 0 aliphatic heterocycles. The Morgan fingerprint density at radius 2 is 1.73 bits per heavy atom. The molecule has 0 unspecified atom stereocenters. The molecule has 1 aromatic rings. The van der Waals surface area contributed by atoms with E-state index in [1.165, 1.54) is 0 Å². The summed E-state index contributed by atoms with van der Waals surface area (Å²) in [6.45, 7) is 3.90. The summed E-state index contributed by atoms with van der Waals surface area (Å²) in [5, 5.41) is 1.17. The average molecular weight is 274 g/mol. The first kappa shape index (κ1) is 17.2. The van der Waals surface area contributed by atoms with Crippen molar-refractivity contribution in [2.75, 3.05) is 0 Å². The molecule has 1 aromatic carbocycles. The van der Waals surface area contributed by atoms with Gasteiger partial charge in [0, 0.05) is 5.02 Å². The number of hydrazine groups is 1. The maximum absolute atomic E-state index is 5.86. The SMILES string of the molecule is CC(C)Oc1ccc(Cl)cc1Cl.Cl.NN. The van der Waals surface area contributed by atoms with Gasteiger partial charge in [0.2, 0.25) is 0 Å². The molecule has 1 rings (SSSR count). The van der Waals surface area contributed by atoms with Gasteiger partial charge in [-0.25, -0.2) is 0 Å². The minimum absolute atomic E-state index is 0. The first-order chi connectivity index (χ1) is 6.59. The zero-order chi connectivity index (χ0) is 11.1. The van der Waals surface area contributed by atoms with Gasteiger partial charge in [-0.3, -0.25) is 11.7 Å². The van der Waals surface area contributed by atoms with E-state index in [9.17, 15) is 0 Å². The van der Waals surface area contributed by atoms with Crippen molar-refractivity contribution in [1.82, 2.24) is 0 Å². The molecule has 0 bridgehead atoms. The summed E-state index contributed by atoms with van der Waals surface area (Å²) in [4.78, 5) is 0. The lowest BCUT2D eigenvalue weighted by atomic mass is 10.3. The third-order valence-electron chi connectivity index (χ3n) is 1.26. The normalized spacial score (nSPS) is 8.73. The Morgan fingerprint density at radius 3 is 2.13 bits per heavy atom. The second-order valence-corrected chi connectivity index (χ2v) is 3.58. The van der Waals surface area contributed by atoms with Crippen LogP contribution in [0, 0.1) is 0 Å². The molecule has 4 N–H and O–H groups in total. The number of hydrogen-bond donors (Lipinski definition) is 2. The molecule has 0 fully saturated rings. The zero-order valence-corrected chi connectivity index (χ0v) is 10.9. The minimum Gasteiger partial charge on any atom is -0.489 e. The Hall–Kier alpha value is -0.190. The van der Waals surface area contributed by atoms with Gasteiger partial charge in [-0.05, 0) is 32.0 Å². The van der Waals surface area contributed by atoms with Gasteiger partial charge in [-0.1, -0.05) is 23.2 Å². The highest BCUT2D eigenvalue weighted by atomic mass is 35.5. The second-order valence-electron chi connectivity index (χ2n) is 2.74. The van der Waals surface area contributed by atoms with Crippen LogP contribution in [0.2, 0.25) is 10.0 Å². The number of hydrogen-bond acceptors (Lipinski definition) is 3. The van der Waals surface area contributed by atoms with Crippen molar-refractivity contribution >= 4 is 35.6 Å². The summed E-state index contributed by atoms with van der Waals surface area (Å²) in [6.07, 6.45) is 0.128. The average Bonchev–Trinajstić information content (AvgIpc) is 2.13. The Kier molecular flexibility index (Phi) is 10.4. The Bertz CT molecular complexity index is 282. The van der Waals surface area contributed by atoms with Gasteiger partial charge >= 0.3 is 0 Å². The van der Waals surface area contributed by atoms with Crippen LogP contribution in [0.15, 0.2) is 18.2 Å². The third kappa shape index (κ3) is 6.82. The number of rotatable bonds is 2. The van der Waals surface area contributed by atoms with Crippen molar-refractivity contribution < 1.29 is 4.74 Å². The van der Waals surface area contributed by atoms with Crippen LogP contribution in [0.4, 0.5) is 0 Å². The van der Waals surface area contributed by atoms with Crippen molar-refractivity contribution in [3.05, 3.63) is 28.2 Å². The fourth-order valence-electron chi connectivity index (χ4n) is 0.825. The van der Waals surface area contributed by atoms with Crippen LogP contribution in [0.25, 0.3) is 0 Å². The first-order valence-corrected chi connectivity index (χ1v) is 4.80. The molecule has 0 aliphatic carbocycles. The molecule has 0 radical (unpaired) electrons. The van der Waals surface area contributed by atoms with E-state index < -0.39 is 0 Å². The van der Waals surface area contributed by atoms with E-state index in [0.29, 0.717) is 15.8 Å². The monoisotopic (exact) mass is 272 g/mol. The second kappa shape index (κ2) is 9.07. The molecular weight excluding hydrogens is 258 g/mol. The Labute approximate surface area is 106 Å². The Balaban J connectivity index is 0. The van der Waals surface area contributed by atoms with Crippen molar-refractivity contribution in [3.8, 4) is 5.75 Å². The fourth-order valence-corrected chi connectivity index (χ4v) is 1.28. The molecule has 0 heterocycles. The molecule has 0 spiro atoms. The van der Waals surface area contributed by atoms with Crippen molar-refractivity contribution in [2.45, 2.75) is 20.0 Å². The standard InChI is InChI=1S/C9H10Cl2O.ClH.H4N2/c1-6(2)12-9-4-3-7(10)5-8(9)11;;1-2/h3-6H,1-2H3;1H;1-2H2. The van der Waals surface area contributed by atoms with Crippen molar-refractivity contribution in [1.29, 1.82) is 0 Å². The van der Waals surface area contributed by atoms with E-state index in [4.69, 9.17) is 27.9 Å². The summed E-state index contributed by atoms with van der Waals surface area (Å²) in [7, 11) is 0.